The zero-order chi connectivity index (χ0) is 26.5. The van der Waals surface area contributed by atoms with Gasteiger partial charge in [-0.1, -0.05) is 63.4 Å². The number of unbranched alkanes of at least 4 members (excludes halogenated alkanes) is 2. The quantitative estimate of drug-likeness (QED) is 0.233. The standard InChI is InChI=1S/C21H34N2O3.C7H8FNO/c1-3-4-6-11-21(22-23(24)25)17(2)16-26-20-14-12-19(13-15-20)18-9-7-5-8-10-18;1-5-7(8)6(10)3-4-9(5)2/h5,7-10,17,19-22H,3-4,6,11-16H2,1-2H3;3-4H,1-2H3. The van der Waals surface area contributed by atoms with Crippen molar-refractivity contribution >= 4 is 0 Å². The molecule has 2 unspecified atom stereocenters. The average molecular weight is 504 g/mol. The third-order valence-corrected chi connectivity index (χ3v) is 7.13. The molecule has 7 nitrogen and oxygen atoms in total. The van der Waals surface area contributed by atoms with Gasteiger partial charge in [-0.3, -0.25) is 4.79 Å². The number of pyridine rings is 1. The van der Waals surface area contributed by atoms with Gasteiger partial charge in [-0.25, -0.2) is 14.5 Å². The minimum Gasteiger partial charge on any atom is -0.378 e. The Morgan fingerprint density at radius 2 is 1.83 bits per heavy atom. The van der Waals surface area contributed by atoms with Crippen LogP contribution >= 0.6 is 0 Å². The topological polar surface area (TPSA) is 86.4 Å². The maximum atomic E-state index is 12.7. The van der Waals surface area contributed by atoms with Crippen LogP contribution in [-0.4, -0.2) is 28.4 Å². The first-order chi connectivity index (χ1) is 17.2. The maximum absolute atomic E-state index is 12.7. The van der Waals surface area contributed by atoms with Crippen LogP contribution in [0.5, 0.6) is 0 Å². The Morgan fingerprint density at radius 3 is 2.42 bits per heavy atom. The molecular weight excluding hydrogens is 461 g/mol. The van der Waals surface area contributed by atoms with Gasteiger partial charge >= 0.3 is 0 Å². The number of nitrogens with zero attached hydrogens (tertiary/aromatic N) is 2. The van der Waals surface area contributed by atoms with E-state index in [0.717, 1.165) is 51.4 Å². The Bertz CT molecular complexity index is 975. The number of nitro groups is 1. The largest absolute Gasteiger partial charge is 0.378 e. The molecule has 1 N–H and O–H groups in total. The number of rotatable bonds is 11. The maximum Gasteiger partial charge on any atom is 0.217 e. The second-order valence-corrected chi connectivity index (χ2v) is 9.87. The molecule has 3 rings (SSSR count). The van der Waals surface area contributed by atoms with E-state index in [4.69, 9.17) is 4.74 Å². The molecule has 1 fully saturated rings. The molecule has 2 aromatic rings. The number of halogens is 1. The van der Waals surface area contributed by atoms with Gasteiger partial charge in [-0.15, -0.1) is 5.43 Å². The first-order valence-corrected chi connectivity index (χ1v) is 13.1. The molecule has 0 spiro atoms. The first-order valence-electron chi connectivity index (χ1n) is 13.1. The number of hydrazine groups is 1. The number of ether oxygens (including phenoxy) is 1. The van der Waals surface area contributed by atoms with E-state index in [1.54, 1.807) is 24.7 Å². The van der Waals surface area contributed by atoms with Crippen molar-refractivity contribution in [3.8, 4) is 0 Å². The van der Waals surface area contributed by atoms with Gasteiger partial charge < -0.3 is 9.30 Å². The Balaban J connectivity index is 0.000000380. The molecule has 0 radical (unpaired) electrons. The van der Waals surface area contributed by atoms with Gasteiger partial charge in [-0.05, 0) is 50.5 Å². The van der Waals surface area contributed by atoms with Crippen LogP contribution in [0.3, 0.4) is 0 Å². The molecule has 2 atom stereocenters. The lowest BCUT2D eigenvalue weighted by Crippen LogP contribution is -2.41. The zero-order valence-corrected chi connectivity index (χ0v) is 22.1. The molecule has 1 aliphatic rings. The summed E-state index contributed by atoms with van der Waals surface area (Å²) in [6, 6.07) is 11.8. The second-order valence-electron chi connectivity index (χ2n) is 9.87. The lowest BCUT2D eigenvalue weighted by atomic mass is 9.83. The number of aryl methyl sites for hydroxylation is 1. The molecule has 1 aliphatic carbocycles. The fraction of sp³-hybridized carbons (Fsp3) is 0.607. The summed E-state index contributed by atoms with van der Waals surface area (Å²) in [5.74, 6) is 0.125. The van der Waals surface area contributed by atoms with E-state index in [-0.39, 0.29) is 12.0 Å². The Kier molecular flexibility index (Phi) is 12.6. The van der Waals surface area contributed by atoms with E-state index in [9.17, 15) is 19.3 Å². The lowest BCUT2D eigenvalue weighted by Gasteiger charge is -2.30. The van der Waals surface area contributed by atoms with Crippen LogP contribution in [0.2, 0.25) is 0 Å². The summed E-state index contributed by atoms with van der Waals surface area (Å²) in [5.41, 5.74) is 3.75. The summed E-state index contributed by atoms with van der Waals surface area (Å²) in [6.45, 7) is 6.37. The van der Waals surface area contributed by atoms with Gasteiger partial charge in [0.25, 0.3) is 0 Å². The van der Waals surface area contributed by atoms with Crippen molar-refractivity contribution < 1.29 is 14.2 Å². The molecule has 0 amide bonds. The van der Waals surface area contributed by atoms with Crippen LogP contribution in [0.15, 0.2) is 47.4 Å². The van der Waals surface area contributed by atoms with Gasteiger partial charge in [0.15, 0.2) is 10.8 Å². The zero-order valence-electron chi connectivity index (χ0n) is 22.1. The number of hydrogen-bond acceptors (Lipinski definition) is 4. The number of hydrogen-bond donors (Lipinski definition) is 1. The molecule has 1 aromatic heterocycles. The van der Waals surface area contributed by atoms with Gasteiger partial charge in [0, 0.05) is 25.2 Å². The van der Waals surface area contributed by atoms with Crippen LogP contribution in [-0.2, 0) is 11.8 Å². The molecule has 1 heterocycles. The SMILES string of the molecule is CCCCCC(N[N+](=O)[O-])C(C)COC1CCC(c2ccccc2)CC1.Cc1c(F)c(=O)ccn1C. The molecule has 200 valence electrons. The average Bonchev–Trinajstić information content (AvgIpc) is 2.89. The summed E-state index contributed by atoms with van der Waals surface area (Å²) in [4.78, 5) is 21.5. The summed E-state index contributed by atoms with van der Waals surface area (Å²) in [6.07, 6.45) is 10.4. The number of aromatic nitrogens is 1. The third kappa shape index (κ3) is 9.72. The van der Waals surface area contributed by atoms with E-state index >= 15 is 0 Å². The van der Waals surface area contributed by atoms with Crippen molar-refractivity contribution in [3.05, 3.63) is 80.0 Å². The fourth-order valence-corrected chi connectivity index (χ4v) is 4.62. The van der Waals surface area contributed by atoms with E-state index in [1.807, 2.05) is 0 Å². The number of nitrogens with one attached hydrogen (secondary N) is 1. The predicted molar refractivity (Wildman–Crippen MR) is 141 cm³/mol. The van der Waals surface area contributed by atoms with Crippen LogP contribution in [0.1, 0.15) is 82.4 Å². The third-order valence-electron chi connectivity index (χ3n) is 7.13. The van der Waals surface area contributed by atoms with E-state index in [0.29, 0.717) is 24.3 Å². The molecule has 1 aromatic carbocycles. The smallest absolute Gasteiger partial charge is 0.217 e. The van der Waals surface area contributed by atoms with Crippen molar-refractivity contribution in [3.63, 3.8) is 0 Å². The monoisotopic (exact) mass is 503 g/mol. The summed E-state index contributed by atoms with van der Waals surface area (Å²) in [7, 11) is 1.69. The molecule has 0 bridgehead atoms. The highest BCUT2D eigenvalue weighted by Crippen LogP contribution is 2.34. The second kappa shape index (κ2) is 15.4. The number of benzene rings is 1. The van der Waals surface area contributed by atoms with Crippen LogP contribution < -0.4 is 10.9 Å². The van der Waals surface area contributed by atoms with Crippen LogP contribution in [0, 0.1) is 28.8 Å². The van der Waals surface area contributed by atoms with Crippen molar-refractivity contribution in [1.82, 2.24) is 9.99 Å². The Labute approximate surface area is 214 Å². The highest BCUT2D eigenvalue weighted by atomic mass is 19.1. The van der Waals surface area contributed by atoms with Crippen LogP contribution in [0.4, 0.5) is 4.39 Å². The predicted octanol–water partition coefficient (Wildman–Crippen LogP) is 5.93. The Morgan fingerprint density at radius 1 is 1.17 bits per heavy atom. The molecule has 0 aliphatic heterocycles. The molecule has 0 saturated heterocycles. The molecule has 36 heavy (non-hydrogen) atoms. The molecule has 8 heteroatoms. The highest BCUT2D eigenvalue weighted by Gasteiger charge is 2.26. The minimum atomic E-state index is -0.662. The van der Waals surface area contributed by atoms with Crippen LogP contribution in [0.25, 0.3) is 0 Å². The summed E-state index contributed by atoms with van der Waals surface area (Å²) < 4.78 is 20.4. The summed E-state index contributed by atoms with van der Waals surface area (Å²) >= 11 is 0. The summed E-state index contributed by atoms with van der Waals surface area (Å²) in [5, 5.41) is 10.5. The van der Waals surface area contributed by atoms with Crippen molar-refractivity contribution in [2.75, 3.05) is 6.61 Å². The van der Waals surface area contributed by atoms with Gasteiger partial charge in [0.05, 0.1) is 24.4 Å². The normalized spacial score (nSPS) is 19.0. The minimum absolute atomic E-state index is 0.114. The van der Waals surface area contributed by atoms with Crippen molar-refractivity contribution in [2.24, 2.45) is 13.0 Å². The Hall–Kier alpha value is -2.74. The van der Waals surface area contributed by atoms with Gasteiger partial charge in [-0.2, -0.15) is 0 Å². The first kappa shape index (κ1) is 29.5. The highest BCUT2D eigenvalue weighted by molar-refractivity contribution is 5.19. The van der Waals surface area contributed by atoms with Crippen molar-refractivity contribution in [2.45, 2.75) is 90.2 Å². The molecule has 1 saturated carbocycles. The van der Waals surface area contributed by atoms with E-state index < -0.39 is 16.3 Å². The van der Waals surface area contributed by atoms with E-state index in [1.165, 1.54) is 11.6 Å². The molecular formula is C28H42FN3O4. The van der Waals surface area contributed by atoms with Gasteiger partial charge in [0.1, 0.15) is 0 Å². The van der Waals surface area contributed by atoms with E-state index in [2.05, 4.69) is 49.6 Å². The fourth-order valence-electron chi connectivity index (χ4n) is 4.62. The van der Waals surface area contributed by atoms with Gasteiger partial charge in [0.2, 0.25) is 5.43 Å². The lowest BCUT2D eigenvalue weighted by molar-refractivity contribution is -0.553. The van der Waals surface area contributed by atoms with Crippen molar-refractivity contribution in [1.29, 1.82) is 0 Å².